The predicted octanol–water partition coefficient (Wildman–Crippen LogP) is 1.45. The van der Waals surface area contributed by atoms with Gasteiger partial charge in [0.2, 0.25) is 0 Å². The molecule has 60 valence electrons. The molecule has 0 amide bonds. The van der Waals surface area contributed by atoms with Gasteiger partial charge < -0.3 is 5.73 Å². The first kappa shape index (κ1) is 6.91. The smallest absolute Gasteiger partial charge is 0.0647 e. The second kappa shape index (κ2) is 2.70. The van der Waals surface area contributed by atoms with Gasteiger partial charge in [0.05, 0.1) is 5.69 Å². The van der Waals surface area contributed by atoms with Crippen molar-refractivity contribution in [1.82, 2.24) is 9.78 Å². The van der Waals surface area contributed by atoms with Gasteiger partial charge in [-0.25, -0.2) is 4.68 Å². The summed E-state index contributed by atoms with van der Waals surface area (Å²) in [5.41, 5.74) is 7.34. The van der Waals surface area contributed by atoms with E-state index >= 15 is 0 Å². The van der Waals surface area contributed by atoms with Crippen molar-refractivity contribution in [2.75, 3.05) is 5.73 Å². The molecule has 0 aliphatic rings. The van der Waals surface area contributed by atoms with E-state index in [2.05, 4.69) is 5.10 Å². The monoisotopic (exact) mass is 159 g/mol. The highest BCUT2D eigenvalue weighted by Gasteiger charge is 1.93. The van der Waals surface area contributed by atoms with Crippen LogP contribution in [0.25, 0.3) is 5.69 Å². The van der Waals surface area contributed by atoms with Gasteiger partial charge in [-0.1, -0.05) is 0 Å². The second-order valence-electron chi connectivity index (χ2n) is 2.54. The molecule has 0 saturated heterocycles. The van der Waals surface area contributed by atoms with Gasteiger partial charge in [-0.15, -0.1) is 0 Å². The zero-order valence-electron chi connectivity index (χ0n) is 6.51. The van der Waals surface area contributed by atoms with E-state index in [1.54, 1.807) is 10.9 Å². The Morgan fingerprint density at radius 2 is 1.92 bits per heavy atom. The highest BCUT2D eigenvalue weighted by atomic mass is 15.3. The van der Waals surface area contributed by atoms with Crippen molar-refractivity contribution in [3.8, 4) is 5.69 Å². The summed E-state index contributed by atoms with van der Waals surface area (Å²) in [6.07, 6.45) is 3.64. The normalized spacial score (nSPS) is 10.0. The van der Waals surface area contributed by atoms with Gasteiger partial charge in [0.15, 0.2) is 0 Å². The zero-order chi connectivity index (χ0) is 8.39. The van der Waals surface area contributed by atoms with E-state index in [1.165, 1.54) is 0 Å². The molecule has 0 unspecified atom stereocenters. The van der Waals surface area contributed by atoms with Crippen LogP contribution in [0.15, 0.2) is 42.7 Å². The van der Waals surface area contributed by atoms with Gasteiger partial charge in [0.1, 0.15) is 0 Å². The molecular formula is C9H9N3. The van der Waals surface area contributed by atoms with Crippen molar-refractivity contribution in [3.63, 3.8) is 0 Å². The molecule has 2 N–H and O–H groups in total. The van der Waals surface area contributed by atoms with Crippen LogP contribution in [0.1, 0.15) is 0 Å². The Hall–Kier alpha value is -1.77. The van der Waals surface area contributed by atoms with E-state index in [1.807, 2.05) is 36.5 Å². The third-order valence-corrected chi connectivity index (χ3v) is 1.66. The molecule has 0 fully saturated rings. The van der Waals surface area contributed by atoms with Gasteiger partial charge in [0, 0.05) is 18.1 Å². The maximum Gasteiger partial charge on any atom is 0.0647 e. The van der Waals surface area contributed by atoms with Gasteiger partial charge in [-0.05, 0) is 30.3 Å². The SMILES string of the molecule is Nc1ccc(-n2cccn2)cc1. The minimum absolute atomic E-state index is 0.769. The Labute approximate surface area is 70.4 Å². The van der Waals surface area contributed by atoms with Crippen molar-refractivity contribution in [2.45, 2.75) is 0 Å². The molecule has 1 aromatic carbocycles. The number of anilines is 1. The molecule has 0 radical (unpaired) electrons. The van der Waals surface area contributed by atoms with Gasteiger partial charge >= 0.3 is 0 Å². The molecule has 1 heterocycles. The van der Waals surface area contributed by atoms with E-state index in [-0.39, 0.29) is 0 Å². The van der Waals surface area contributed by atoms with Crippen molar-refractivity contribution in [2.24, 2.45) is 0 Å². The fraction of sp³-hybridized carbons (Fsp3) is 0. The van der Waals surface area contributed by atoms with Crippen molar-refractivity contribution < 1.29 is 0 Å². The number of hydrogen-bond donors (Lipinski definition) is 1. The molecule has 12 heavy (non-hydrogen) atoms. The highest BCUT2D eigenvalue weighted by Crippen LogP contribution is 2.08. The van der Waals surface area contributed by atoms with Crippen molar-refractivity contribution >= 4 is 5.69 Å². The summed E-state index contributed by atoms with van der Waals surface area (Å²) < 4.78 is 1.79. The first-order chi connectivity index (χ1) is 5.86. The Morgan fingerprint density at radius 3 is 2.50 bits per heavy atom. The van der Waals surface area contributed by atoms with E-state index in [0.717, 1.165) is 11.4 Å². The van der Waals surface area contributed by atoms with Crippen LogP contribution in [-0.4, -0.2) is 9.78 Å². The first-order valence-corrected chi connectivity index (χ1v) is 3.72. The standard InChI is InChI=1S/C9H9N3/c10-8-2-4-9(5-3-8)12-7-1-6-11-12/h1-7H,10H2. The molecule has 2 aromatic rings. The predicted molar refractivity (Wildman–Crippen MR) is 48.0 cm³/mol. The number of aromatic nitrogens is 2. The average molecular weight is 159 g/mol. The Balaban J connectivity index is 2.43. The summed E-state index contributed by atoms with van der Waals surface area (Å²) in [6, 6.07) is 9.47. The number of nitrogens with zero attached hydrogens (tertiary/aromatic N) is 2. The average Bonchev–Trinajstić information content (AvgIpc) is 2.58. The molecular weight excluding hydrogens is 150 g/mol. The molecule has 1 aromatic heterocycles. The summed E-state index contributed by atoms with van der Waals surface area (Å²) in [7, 11) is 0. The van der Waals surface area contributed by atoms with E-state index < -0.39 is 0 Å². The molecule has 3 nitrogen and oxygen atoms in total. The molecule has 0 aliphatic heterocycles. The molecule has 0 aliphatic carbocycles. The highest BCUT2D eigenvalue weighted by molar-refractivity contribution is 5.44. The van der Waals surface area contributed by atoms with E-state index in [9.17, 15) is 0 Å². The Kier molecular flexibility index (Phi) is 1.55. The van der Waals surface area contributed by atoms with Crippen LogP contribution in [0.4, 0.5) is 5.69 Å². The van der Waals surface area contributed by atoms with Crippen LogP contribution in [0.2, 0.25) is 0 Å². The molecule has 0 spiro atoms. The van der Waals surface area contributed by atoms with E-state index in [0.29, 0.717) is 0 Å². The van der Waals surface area contributed by atoms with Gasteiger partial charge in [-0.3, -0.25) is 0 Å². The van der Waals surface area contributed by atoms with Crippen LogP contribution in [-0.2, 0) is 0 Å². The summed E-state index contributed by atoms with van der Waals surface area (Å²) in [4.78, 5) is 0. The Morgan fingerprint density at radius 1 is 1.17 bits per heavy atom. The summed E-state index contributed by atoms with van der Waals surface area (Å²) in [5.74, 6) is 0. The fourth-order valence-electron chi connectivity index (χ4n) is 1.05. The molecule has 0 bridgehead atoms. The molecule has 2 rings (SSSR count). The molecule has 3 heteroatoms. The Bertz CT molecular complexity index is 348. The van der Waals surface area contributed by atoms with Crippen molar-refractivity contribution in [1.29, 1.82) is 0 Å². The van der Waals surface area contributed by atoms with Crippen LogP contribution < -0.4 is 5.73 Å². The zero-order valence-corrected chi connectivity index (χ0v) is 6.51. The van der Waals surface area contributed by atoms with Crippen LogP contribution in [0.3, 0.4) is 0 Å². The second-order valence-corrected chi connectivity index (χ2v) is 2.54. The first-order valence-electron chi connectivity index (χ1n) is 3.72. The van der Waals surface area contributed by atoms with Gasteiger partial charge in [0.25, 0.3) is 0 Å². The van der Waals surface area contributed by atoms with Crippen molar-refractivity contribution in [3.05, 3.63) is 42.7 Å². The lowest BCUT2D eigenvalue weighted by Crippen LogP contribution is -1.94. The third kappa shape index (κ3) is 1.16. The third-order valence-electron chi connectivity index (χ3n) is 1.66. The number of rotatable bonds is 1. The lowest BCUT2D eigenvalue weighted by Gasteiger charge is -2.00. The lowest BCUT2D eigenvalue weighted by molar-refractivity contribution is 0.881. The summed E-state index contributed by atoms with van der Waals surface area (Å²) in [5, 5.41) is 4.09. The summed E-state index contributed by atoms with van der Waals surface area (Å²) >= 11 is 0. The minimum atomic E-state index is 0.769. The van der Waals surface area contributed by atoms with Crippen LogP contribution in [0.5, 0.6) is 0 Å². The number of nitrogens with two attached hydrogens (primary N) is 1. The number of benzene rings is 1. The maximum absolute atomic E-state index is 5.55. The number of nitrogen functional groups attached to an aromatic ring is 1. The summed E-state index contributed by atoms with van der Waals surface area (Å²) in [6.45, 7) is 0. The largest absolute Gasteiger partial charge is 0.399 e. The number of hydrogen-bond acceptors (Lipinski definition) is 2. The maximum atomic E-state index is 5.55. The van der Waals surface area contributed by atoms with Gasteiger partial charge in [-0.2, -0.15) is 5.10 Å². The quantitative estimate of drug-likeness (QED) is 0.640. The lowest BCUT2D eigenvalue weighted by atomic mass is 10.3. The van der Waals surface area contributed by atoms with Crippen LogP contribution >= 0.6 is 0 Å². The fourth-order valence-corrected chi connectivity index (χ4v) is 1.05. The topological polar surface area (TPSA) is 43.8 Å². The minimum Gasteiger partial charge on any atom is -0.399 e. The molecule has 0 saturated carbocycles. The van der Waals surface area contributed by atoms with E-state index in [4.69, 9.17) is 5.73 Å². The van der Waals surface area contributed by atoms with Crippen LogP contribution in [0, 0.1) is 0 Å². The molecule has 0 atom stereocenters.